The van der Waals surface area contributed by atoms with Crippen LogP contribution in [0.2, 0.25) is 0 Å². The number of aryl methyl sites for hydroxylation is 1. The largest absolute Gasteiger partial charge is 0.449 e. The first-order chi connectivity index (χ1) is 21.7. The van der Waals surface area contributed by atoms with Crippen molar-refractivity contribution in [1.82, 2.24) is 10.2 Å². The van der Waals surface area contributed by atoms with E-state index in [9.17, 15) is 14.4 Å². The molecule has 0 unspecified atom stereocenters. The molecule has 45 heavy (non-hydrogen) atoms. The molecule has 0 atom stereocenters. The lowest BCUT2D eigenvalue weighted by atomic mass is 9.95. The van der Waals surface area contributed by atoms with Crippen LogP contribution in [0.25, 0.3) is 0 Å². The number of pyridine rings is 1. The second-order valence-electron chi connectivity index (χ2n) is 12.9. The number of unbranched alkanes of at least 4 members (excludes halogenated alkanes) is 14. The lowest BCUT2D eigenvalue weighted by molar-refractivity contribution is -0.701. The molecule has 258 valence electrons. The van der Waals surface area contributed by atoms with Gasteiger partial charge < -0.3 is 14.8 Å². The van der Waals surface area contributed by atoms with Crippen LogP contribution < -0.4 is 9.88 Å². The predicted molar refractivity (Wildman–Crippen MR) is 185 cm³/mol. The summed E-state index contributed by atoms with van der Waals surface area (Å²) < 4.78 is 12.7. The van der Waals surface area contributed by atoms with Crippen molar-refractivity contribution in [3.8, 4) is 0 Å². The third kappa shape index (κ3) is 20.5. The first-order valence-electron chi connectivity index (χ1n) is 17.6. The molecule has 0 saturated carbocycles. The van der Waals surface area contributed by atoms with Gasteiger partial charge in [-0.15, -0.1) is 0 Å². The molecule has 0 bridgehead atoms. The third-order valence-corrected chi connectivity index (χ3v) is 8.68. The smallest absolute Gasteiger partial charge is 0.417 e. The molecule has 0 aliphatic rings. The molecule has 0 fully saturated rings. The fourth-order valence-electron chi connectivity index (χ4n) is 5.05. The summed E-state index contributed by atoms with van der Waals surface area (Å²) in [6, 6.07) is 5.73. The van der Waals surface area contributed by atoms with E-state index in [2.05, 4.69) is 12.2 Å². The molecule has 1 aromatic rings. The molecule has 0 aromatic carbocycles. The van der Waals surface area contributed by atoms with Crippen LogP contribution in [0.1, 0.15) is 137 Å². The number of hydrogen-bond donors (Lipinski definition) is 1. The summed E-state index contributed by atoms with van der Waals surface area (Å²) >= 11 is 1.53. The molecule has 1 aromatic heterocycles. The van der Waals surface area contributed by atoms with Crippen LogP contribution in [0.15, 0.2) is 24.4 Å². The number of aromatic nitrogens is 1. The Kier molecular flexibility index (Phi) is 23.4. The zero-order valence-corrected chi connectivity index (χ0v) is 30.0. The van der Waals surface area contributed by atoms with Crippen molar-refractivity contribution >= 4 is 29.9 Å². The lowest BCUT2D eigenvalue weighted by Crippen LogP contribution is -2.47. The van der Waals surface area contributed by atoms with Gasteiger partial charge in [-0.2, -0.15) is 11.8 Å². The first-order valence-corrected chi connectivity index (χ1v) is 18.8. The number of thioether (sulfide) groups is 1. The van der Waals surface area contributed by atoms with Gasteiger partial charge in [-0.05, 0) is 13.3 Å². The van der Waals surface area contributed by atoms with Crippen molar-refractivity contribution in [2.24, 2.45) is 5.41 Å². The van der Waals surface area contributed by atoms with E-state index >= 15 is 0 Å². The van der Waals surface area contributed by atoms with E-state index in [4.69, 9.17) is 9.47 Å². The fourth-order valence-corrected chi connectivity index (χ4v) is 5.66. The van der Waals surface area contributed by atoms with Crippen LogP contribution in [0, 0.1) is 5.41 Å². The van der Waals surface area contributed by atoms with Gasteiger partial charge in [-0.25, -0.2) is 19.1 Å². The minimum atomic E-state index is -0.719. The monoisotopic (exact) mass is 650 g/mol. The Hall–Kier alpha value is -2.29. The van der Waals surface area contributed by atoms with Crippen LogP contribution in [-0.4, -0.2) is 54.3 Å². The van der Waals surface area contributed by atoms with Crippen LogP contribution in [0.4, 0.5) is 9.59 Å². The van der Waals surface area contributed by atoms with E-state index in [-0.39, 0.29) is 25.2 Å². The molecular formula is C36H64N3O5S+. The average Bonchev–Trinajstić information content (AvgIpc) is 3.02. The van der Waals surface area contributed by atoms with E-state index in [0.717, 1.165) is 25.1 Å². The Balaban J connectivity index is 2.06. The standard InChI is InChI=1S/C36H63N3O5S/c1-6-8-9-10-11-12-13-14-15-16-17-18-19-20-22-25-37-34(41)43-27-29-45-30-28-44-35(42)39(33(40)36(3,4)5)31-32-24-21-23-26-38(32)7-2/h21,23-24,26H,6-20,22,25,27-31H2,1-5H3/p+1. The van der Waals surface area contributed by atoms with Gasteiger partial charge in [0.25, 0.3) is 0 Å². The second kappa shape index (κ2) is 25.9. The van der Waals surface area contributed by atoms with Crippen LogP contribution in [0.3, 0.4) is 0 Å². The van der Waals surface area contributed by atoms with E-state index in [1.165, 1.54) is 100 Å². The lowest BCUT2D eigenvalue weighted by Gasteiger charge is -2.26. The van der Waals surface area contributed by atoms with Gasteiger partial charge in [0.05, 0.1) is 0 Å². The van der Waals surface area contributed by atoms with Gasteiger partial charge in [0.15, 0.2) is 6.20 Å². The van der Waals surface area contributed by atoms with Crippen molar-refractivity contribution in [1.29, 1.82) is 0 Å². The summed E-state index contributed by atoms with van der Waals surface area (Å²) in [5.74, 6) is 0.874. The van der Waals surface area contributed by atoms with Crippen molar-refractivity contribution in [2.45, 2.75) is 144 Å². The van der Waals surface area contributed by atoms with Gasteiger partial charge in [0.2, 0.25) is 11.6 Å². The normalized spacial score (nSPS) is 11.3. The van der Waals surface area contributed by atoms with E-state index in [0.29, 0.717) is 24.7 Å². The number of nitrogens with zero attached hydrogens (tertiary/aromatic N) is 2. The third-order valence-electron chi connectivity index (χ3n) is 7.77. The fraction of sp³-hybridized carbons (Fsp3) is 0.778. The van der Waals surface area contributed by atoms with Gasteiger partial charge in [0.1, 0.15) is 26.3 Å². The molecular weight excluding hydrogens is 586 g/mol. The molecule has 9 heteroatoms. The van der Waals surface area contributed by atoms with Gasteiger partial charge in [-0.1, -0.05) is 124 Å². The maximum atomic E-state index is 13.0. The maximum absolute atomic E-state index is 13.0. The quantitative estimate of drug-likeness (QED) is 0.0840. The Morgan fingerprint density at radius 3 is 1.84 bits per heavy atom. The number of rotatable bonds is 25. The molecule has 8 nitrogen and oxygen atoms in total. The van der Waals surface area contributed by atoms with Crippen LogP contribution in [0.5, 0.6) is 0 Å². The minimum Gasteiger partial charge on any atom is -0.449 e. The van der Waals surface area contributed by atoms with Crippen LogP contribution >= 0.6 is 11.8 Å². The highest BCUT2D eigenvalue weighted by Gasteiger charge is 2.34. The summed E-state index contributed by atoms with van der Waals surface area (Å²) in [7, 11) is 0. The number of hydrogen-bond acceptors (Lipinski definition) is 6. The highest BCUT2D eigenvalue weighted by molar-refractivity contribution is 7.99. The highest BCUT2D eigenvalue weighted by Crippen LogP contribution is 2.20. The minimum absolute atomic E-state index is 0.152. The average molecular weight is 651 g/mol. The summed E-state index contributed by atoms with van der Waals surface area (Å²) in [5, 5.41) is 2.83. The van der Waals surface area contributed by atoms with Crippen molar-refractivity contribution in [3.05, 3.63) is 30.1 Å². The SMILES string of the molecule is CCCCCCCCCCCCCCCCCNC(=O)OCCSCCOC(=O)N(Cc1cccc[n+]1CC)C(=O)C(C)(C)C. The Morgan fingerprint density at radius 1 is 0.778 bits per heavy atom. The predicted octanol–water partition coefficient (Wildman–Crippen LogP) is 8.84. The van der Waals surface area contributed by atoms with Gasteiger partial charge >= 0.3 is 12.2 Å². The molecule has 3 amide bonds. The van der Waals surface area contributed by atoms with Crippen molar-refractivity contribution in [2.75, 3.05) is 31.3 Å². The highest BCUT2D eigenvalue weighted by atomic mass is 32.2. The Bertz CT molecular complexity index is 938. The molecule has 1 rings (SSSR count). The number of imide groups is 1. The van der Waals surface area contributed by atoms with E-state index in [1.807, 2.05) is 35.9 Å². The molecule has 1 N–H and O–H groups in total. The summed E-state index contributed by atoms with van der Waals surface area (Å²) in [6.45, 7) is 11.7. The second-order valence-corrected chi connectivity index (χ2v) is 14.1. The zero-order valence-electron chi connectivity index (χ0n) is 29.2. The number of ether oxygens (including phenoxy) is 2. The summed E-state index contributed by atoms with van der Waals surface area (Å²) in [4.78, 5) is 39.0. The van der Waals surface area contributed by atoms with Crippen molar-refractivity contribution in [3.63, 3.8) is 0 Å². The molecule has 0 radical (unpaired) electrons. The number of carbonyl (C=O) groups is 3. The zero-order chi connectivity index (χ0) is 33.2. The molecule has 0 aliphatic heterocycles. The molecule has 1 heterocycles. The maximum Gasteiger partial charge on any atom is 0.417 e. The Morgan fingerprint density at radius 2 is 1.31 bits per heavy atom. The Labute approximate surface area is 278 Å². The first kappa shape index (κ1) is 40.7. The van der Waals surface area contributed by atoms with Crippen LogP contribution in [-0.2, 0) is 27.4 Å². The van der Waals surface area contributed by atoms with Crippen molar-refractivity contribution < 1.29 is 28.4 Å². The van der Waals surface area contributed by atoms with Gasteiger partial charge in [-0.3, -0.25) is 4.79 Å². The summed E-state index contributed by atoms with van der Waals surface area (Å²) in [6.07, 6.45) is 20.7. The summed E-state index contributed by atoms with van der Waals surface area (Å²) in [5.41, 5.74) is 0.142. The molecule has 0 saturated heterocycles. The molecule has 0 aliphatic carbocycles. The molecule has 0 spiro atoms. The number of carbonyl (C=O) groups excluding carboxylic acids is 3. The topological polar surface area (TPSA) is 88.8 Å². The van der Waals surface area contributed by atoms with E-state index < -0.39 is 11.5 Å². The number of alkyl carbamates (subject to hydrolysis) is 1. The van der Waals surface area contributed by atoms with E-state index in [1.54, 1.807) is 20.8 Å². The number of nitrogens with one attached hydrogen (secondary N) is 1. The van der Waals surface area contributed by atoms with Gasteiger partial charge in [0, 0.05) is 35.6 Å². The number of amides is 3.